The van der Waals surface area contributed by atoms with E-state index in [1.165, 1.54) is 17.9 Å². The van der Waals surface area contributed by atoms with Crippen LogP contribution in [0.5, 0.6) is 0 Å². The first-order valence-corrected chi connectivity index (χ1v) is 9.63. The number of nitrogens with zero attached hydrogens (tertiary/aromatic N) is 2. The Morgan fingerprint density at radius 3 is 2.13 bits per heavy atom. The molecule has 30 heavy (non-hydrogen) atoms. The number of aryl methyl sites for hydroxylation is 1. The summed E-state index contributed by atoms with van der Waals surface area (Å²) in [6, 6.07) is 23.2. The summed E-state index contributed by atoms with van der Waals surface area (Å²) in [6.45, 7) is 0.559. The van der Waals surface area contributed by atoms with Gasteiger partial charge in [-0.1, -0.05) is 48.5 Å². The number of carbonyl (C=O) groups is 2. The molecule has 0 spiro atoms. The lowest BCUT2D eigenvalue weighted by molar-refractivity contribution is -0.121. The van der Waals surface area contributed by atoms with E-state index in [-0.39, 0.29) is 5.91 Å². The minimum absolute atomic E-state index is 0.167. The van der Waals surface area contributed by atoms with E-state index in [0.29, 0.717) is 18.5 Å². The highest BCUT2D eigenvalue weighted by Crippen LogP contribution is 2.28. The minimum Gasteiger partial charge on any atom is -0.465 e. The highest BCUT2D eigenvalue weighted by Gasteiger charge is 2.10. The molecule has 4 rings (SSSR count). The van der Waals surface area contributed by atoms with E-state index in [2.05, 4.69) is 44.1 Å². The van der Waals surface area contributed by atoms with Gasteiger partial charge in [0.1, 0.15) is 0 Å². The monoisotopic (exact) mass is 399 g/mol. The number of hydrogen-bond donors (Lipinski definition) is 1. The van der Waals surface area contributed by atoms with Crippen molar-refractivity contribution in [2.75, 3.05) is 7.11 Å². The molecule has 0 fully saturated rings. The molecule has 0 unspecified atom stereocenters. The third-order valence-corrected chi connectivity index (χ3v) is 4.98. The zero-order valence-corrected chi connectivity index (χ0v) is 16.5. The van der Waals surface area contributed by atoms with E-state index in [0.717, 1.165) is 16.6 Å². The molecule has 0 saturated heterocycles. The number of methoxy groups -OCH3 is 1. The fourth-order valence-corrected chi connectivity index (χ4v) is 3.52. The van der Waals surface area contributed by atoms with Gasteiger partial charge < -0.3 is 9.30 Å². The third-order valence-electron chi connectivity index (χ3n) is 4.98. The highest BCUT2D eigenvalue weighted by molar-refractivity contribution is 6.08. The lowest BCUT2D eigenvalue weighted by atomic mass is 10.1. The van der Waals surface area contributed by atoms with Gasteiger partial charge in [-0.15, -0.1) is 0 Å². The molecular weight excluding hydrogens is 378 g/mol. The molecule has 0 aliphatic heterocycles. The van der Waals surface area contributed by atoms with Crippen LogP contribution in [-0.4, -0.2) is 29.8 Å². The number of para-hydroxylation sites is 2. The molecule has 0 aliphatic rings. The minimum atomic E-state index is -0.392. The van der Waals surface area contributed by atoms with Gasteiger partial charge in [0.2, 0.25) is 5.91 Å². The number of benzene rings is 3. The van der Waals surface area contributed by atoms with Crippen LogP contribution in [0.15, 0.2) is 77.9 Å². The second kappa shape index (κ2) is 8.61. The van der Waals surface area contributed by atoms with Crippen LogP contribution in [0.3, 0.4) is 0 Å². The van der Waals surface area contributed by atoms with Gasteiger partial charge >= 0.3 is 5.97 Å². The van der Waals surface area contributed by atoms with Gasteiger partial charge in [-0.25, -0.2) is 10.2 Å². The molecule has 1 aromatic heterocycles. The molecule has 150 valence electrons. The fraction of sp³-hybridized carbons (Fsp3) is 0.125. The van der Waals surface area contributed by atoms with Crippen molar-refractivity contribution in [1.29, 1.82) is 0 Å². The maximum absolute atomic E-state index is 12.3. The normalized spacial score (nSPS) is 11.2. The largest absolute Gasteiger partial charge is 0.465 e. The van der Waals surface area contributed by atoms with Crippen LogP contribution in [0, 0.1) is 0 Å². The third kappa shape index (κ3) is 3.93. The van der Waals surface area contributed by atoms with Crippen LogP contribution < -0.4 is 5.43 Å². The van der Waals surface area contributed by atoms with Crippen LogP contribution in [0.25, 0.3) is 21.8 Å². The summed E-state index contributed by atoms with van der Waals surface area (Å²) in [5.41, 5.74) is 6.02. The number of nitrogens with one attached hydrogen (secondary N) is 1. The Balaban J connectivity index is 1.40. The van der Waals surface area contributed by atoms with Crippen LogP contribution in [0.2, 0.25) is 0 Å². The molecule has 6 nitrogen and oxygen atoms in total. The average molecular weight is 399 g/mol. The number of amides is 1. The number of rotatable bonds is 6. The Labute approximate surface area is 173 Å². The van der Waals surface area contributed by atoms with E-state index in [9.17, 15) is 9.59 Å². The molecule has 1 heterocycles. The van der Waals surface area contributed by atoms with Crippen LogP contribution in [0.4, 0.5) is 0 Å². The molecule has 6 heteroatoms. The summed E-state index contributed by atoms with van der Waals surface area (Å²) in [6.07, 6.45) is 1.85. The van der Waals surface area contributed by atoms with E-state index in [1.54, 1.807) is 30.5 Å². The zero-order chi connectivity index (χ0) is 20.9. The molecule has 3 aromatic carbocycles. The van der Waals surface area contributed by atoms with Crippen LogP contribution >= 0.6 is 0 Å². The number of esters is 1. The summed E-state index contributed by atoms with van der Waals surface area (Å²) in [4.78, 5) is 23.7. The predicted octanol–water partition coefficient (Wildman–Crippen LogP) is 4.12. The second-order valence-corrected chi connectivity index (χ2v) is 6.84. The molecule has 0 saturated carbocycles. The molecule has 1 N–H and O–H groups in total. The van der Waals surface area contributed by atoms with Crippen molar-refractivity contribution in [3.8, 4) is 0 Å². The fourth-order valence-electron chi connectivity index (χ4n) is 3.52. The van der Waals surface area contributed by atoms with Gasteiger partial charge in [0.25, 0.3) is 0 Å². The van der Waals surface area contributed by atoms with Crippen molar-refractivity contribution < 1.29 is 14.3 Å². The van der Waals surface area contributed by atoms with Crippen molar-refractivity contribution in [2.24, 2.45) is 5.10 Å². The van der Waals surface area contributed by atoms with Crippen molar-refractivity contribution >= 4 is 39.9 Å². The smallest absolute Gasteiger partial charge is 0.337 e. The first-order chi connectivity index (χ1) is 14.7. The number of ether oxygens (including phenoxy) is 1. The second-order valence-electron chi connectivity index (χ2n) is 6.84. The van der Waals surface area contributed by atoms with Crippen molar-refractivity contribution in [3.05, 3.63) is 83.9 Å². The van der Waals surface area contributed by atoms with Gasteiger partial charge in [0, 0.05) is 34.8 Å². The van der Waals surface area contributed by atoms with E-state index in [4.69, 9.17) is 0 Å². The maximum atomic E-state index is 12.3. The maximum Gasteiger partial charge on any atom is 0.337 e. The molecule has 0 aliphatic carbocycles. The van der Waals surface area contributed by atoms with Gasteiger partial charge in [0.05, 0.1) is 18.9 Å². The molecule has 0 atom stereocenters. The SMILES string of the molecule is COC(=O)c1ccc(C=NNC(=O)CCn2c3ccccc3c3ccccc32)cc1. The number of hydrazone groups is 1. The number of aromatic nitrogens is 1. The zero-order valence-electron chi connectivity index (χ0n) is 16.5. The Morgan fingerprint density at radius 1 is 0.933 bits per heavy atom. The summed E-state index contributed by atoms with van der Waals surface area (Å²) < 4.78 is 6.83. The molecule has 4 aromatic rings. The number of hydrogen-bond acceptors (Lipinski definition) is 4. The summed E-state index contributed by atoms with van der Waals surface area (Å²) in [5.74, 6) is -0.559. The summed E-state index contributed by atoms with van der Waals surface area (Å²) in [7, 11) is 1.34. The average Bonchev–Trinajstić information content (AvgIpc) is 3.11. The van der Waals surface area contributed by atoms with E-state index in [1.807, 2.05) is 24.3 Å². The highest BCUT2D eigenvalue weighted by atomic mass is 16.5. The quantitative estimate of drug-likeness (QED) is 0.301. The molecule has 0 bridgehead atoms. The molecule has 1 amide bonds. The summed E-state index contributed by atoms with van der Waals surface area (Å²) >= 11 is 0. The number of fused-ring (bicyclic) bond motifs is 3. The Hall–Kier alpha value is -3.93. The van der Waals surface area contributed by atoms with E-state index < -0.39 is 5.97 Å². The summed E-state index contributed by atoms with van der Waals surface area (Å²) in [5, 5.41) is 6.38. The topological polar surface area (TPSA) is 72.7 Å². The van der Waals surface area contributed by atoms with Crippen LogP contribution in [0.1, 0.15) is 22.3 Å². The molecule has 0 radical (unpaired) electrons. The van der Waals surface area contributed by atoms with Gasteiger partial charge in [0.15, 0.2) is 0 Å². The van der Waals surface area contributed by atoms with Crippen molar-refractivity contribution in [2.45, 2.75) is 13.0 Å². The van der Waals surface area contributed by atoms with Gasteiger partial charge in [-0.05, 0) is 29.8 Å². The Bertz CT molecular complexity index is 1190. The van der Waals surface area contributed by atoms with Crippen LogP contribution in [-0.2, 0) is 16.1 Å². The predicted molar refractivity (Wildman–Crippen MR) is 118 cm³/mol. The standard InChI is InChI=1S/C24H21N3O3/c1-30-24(29)18-12-10-17(11-13-18)16-25-26-23(28)14-15-27-21-8-4-2-6-19(21)20-7-3-5-9-22(20)27/h2-13,16H,14-15H2,1H3,(H,26,28). The van der Waals surface area contributed by atoms with Crippen molar-refractivity contribution in [1.82, 2.24) is 9.99 Å². The Morgan fingerprint density at radius 2 is 1.53 bits per heavy atom. The van der Waals surface area contributed by atoms with E-state index >= 15 is 0 Å². The van der Waals surface area contributed by atoms with Gasteiger partial charge in [-0.3, -0.25) is 4.79 Å². The lowest BCUT2D eigenvalue weighted by Crippen LogP contribution is -2.19. The molecular formula is C24H21N3O3. The lowest BCUT2D eigenvalue weighted by Gasteiger charge is -2.06. The first-order valence-electron chi connectivity index (χ1n) is 9.63. The number of carbonyl (C=O) groups excluding carboxylic acids is 2. The Kier molecular flexibility index (Phi) is 5.57. The van der Waals surface area contributed by atoms with Crippen molar-refractivity contribution in [3.63, 3.8) is 0 Å². The van der Waals surface area contributed by atoms with Gasteiger partial charge in [-0.2, -0.15) is 5.10 Å². The first kappa shape index (κ1) is 19.4.